The largest absolute Gasteiger partial charge is 0.422 e. The lowest BCUT2D eigenvalue weighted by molar-refractivity contribution is -0.384. The molecule has 2 aromatic carbocycles. The predicted molar refractivity (Wildman–Crippen MR) is 105 cm³/mol. The fourth-order valence-electron chi connectivity index (χ4n) is 3.50. The molecule has 0 fully saturated rings. The Balaban J connectivity index is 1.89. The molecule has 1 aromatic heterocycles. The van der Waals surface area contributed by atoms with E-state index >= 15 is 0 Å². The summed E-state index contributed by atoms with van der Waals surface area (Å²) in [5.41, 5.74) is 10.4. The number of aromatic nitrogens is 2. The molecule has 8 heteroatoms. The lowest BCUT2D eigenvalue weighted by Gasteiger charge is -2.25. The fraction of sp³-hybridized carbons (Fsp3) is 0.143. The van der Waals surface area contributed by atoms with Crippen LogP contribution in [0.2, 0.25) is 0 Å². The van der Waals surface area contributed by atoms with Crippen molar-refractivity contribution in [1.29, 1.82) is 5.26 Å². The number of hydrogen-bond donors (Lipinski definition) is 1. The van der Waals surface area contributed by atoms with Gasteiger partial charge >= 0.3 is 0 Å². The van der Waals surface area contributed by atoms with Crippen LogP contribution in [0.25, 0.3) is 5.69 Å². The molecule has 0 saturated heterocycles. The summed E-state index contributed by atoms with van der Waals surface area (Å²) in [5.74, 6) is 0.0169. The van der Waals surface area contributed by atoms with Crippen LogP contribution in [-0.4, -0.2) is 14.7 Å². The van der Waals surface area contributed by atoms with E-state index in [-0.39, 0.29) is 11.6 Å². The molecule has 2 heterocycles. The molecular formula is C21H17N5O3. The third-order valence-corrected chi connectivity index (χ3v) is 4.95. The molecule has 144 valence electrons. The Morgan fingerprint density at radius 2 is 1.83 bits per heavy atom. The van der Waals surface area contributed by atoms with Gasteiger partial charge in [-0.1, -0.05) is 29.8 Å². The van der Waals surface area contributed by atoms with Crippen LogP contribution in [0.15, 0.2) is 60.0 Å². The van der Waals surface area contributed by atoms with Crippen molar-refractivity contribution in [2.24, 2.45) is 5.73 Å². The van der Waals surface area contributed by atoms with E-state index in [1.165, 1.54) is 12.1 Å². The Morgan fingerprint density at radius 1 is 1.17 bits per heavy atom. The molecule has 0 radical (unpaired) electrons. The minimum atomic E-state index is -0.461. The minimum absolute atomic E-state index is 0.0175. The Hall–Kier alpha value is -4.12. The first kappa shape index (κ1) is 18.3. The number of nitro benzene ring substituents is 1. The van der Waals surface area contributed by atoms with Gasteiger partial charge in [0.2, 0.25) is 11.8 Å². The number of nitrogens with two attached hydrogens (primary N) is 1. The van der Waals surface area contributed by atoms with Crippen molar-refractivity contribution in [1.82, 2.24) is 9.78 Å². The monoisotopic (exact) mass is 387 g/mol. The van der Waals surface area contributed by atoms with E-state index in [2.05, 4.69) is 11.2 Å². The maximum absolute atomic E-state index is 10.9. The average Bonchev–Trinajstić information content (AvgIpc) is 3.03. The maximum Gasteiger partial charge on any atom is 0.269 e. The first-order chi connectivity index (χ1) is 13.9. The average molecular weight is 387 g/mol. The molecule has 0 bridgehead atoms. The Bertz CT molecular complexity index is 1180. The van der Waals surface area contributed by atoms with E-state index < -0.39 is 10.8 Å². The van der Waals surface area contributed by atoms with Crippen LogP contribution in [0, 0.1) is 35.3 Å². The van der Waals surface area contributed by atoms with Crippen molar-refractivity contribution >= 4 is 5.69 Å². The van der Waals surface area contributed by atoms with Gasteiger partial charge in [0.05, 0.1) is 27.8 Å². The standard InChI is InChI=1S/C21H17N5O3/c1-12-3-5-14(6-4-12)19-17(11-22)20(23)29-21-18(19)13(2)24-25(21)15-7-9-16(10-8-15)26(27)28/h3-10,19H,23H2,1-2H3/t19-/m1/s1. The van der Waals surface area contributed by atoms with Gasteiger partial charge in [-0.3, -0.25) is 10.1 Å². The lowest BCUT2D eigenvalue weighted by atomic mass is 9.84. The topological polar surface area (TPSA) is 120 Å². The van der Waals surface area contributed by atoms with E-state index in [4.69, 9.17) is 10.5 Å². The van der Waals surface area contributed by atoms with Gasteiger partial charge in [0, 0.05) is 12.1 Å². The fourth-order valence-corrected chi connectivity index (χ4v) is 3.50. The van der Waals surface area contributed by atoms with Crippen molar-refractivity contribution in [3.05, 3.63) is 92.5 Å². The van der Waals surface area contributed by atoms with Gasteiger partial charge in [0.15, 0.2) is 0 Å². The van der Waals surface area contributed by atoms with E-state index in [0.717, 1.165) is 16.7 Å². The summed E-state index contributed by atoms with van der Waals surface area (Å²) in [6.45, 7) is 3.83. The van der Waals surface area contributed by atoms with Gasteiger partial charge in [-0.05, 0) is 31.5 Å². The third-order valence-electron chi connectivity index (χ3n) is 4.95. The van der Waals surface area contributed by atoms with Crippen molar-refractivity contribution in [3.63, 3.8) is 0 Å². The molecule has 4 rings (SSSR count). The highest BCUT2D eigenvalue weighted by Gasteiger charge is 2.36. The number of allylic oxidation sites excluding steroid dienone is 1. The number of nitrogens with zero attached hydrogens (tertiary/aromatic N) is 4. The normalized spacial score (nSPS) is 15.4. The molecule has 0 aliphatic carbocycles. The molecule has 1 aliphatic rings. The zero-order chi connectivity index (χ0) is 20.7. The molecular weight excluding hydrogens is 370 g/mol. The zero-order valence-electron chi connectivity index (χ0n) is 15.8. The molecule has 0 amide bonds. The number of rotatable bonds is 3. The van der Waals surface area contributed by atoms with Gasteiger partial charge in [0.1, 0.15) is 11.6 Å². The van der Waals surface area contributed by atoms with Crippen LogP contribution < -0.4 is 10.5 Å². The molecule has 2 N–H and O–H groups in total. The number of benzene rings is 2. The van der Waals surface area contributed by atoms with Crippen LogP contribution in [0.5, 0.6) is 5.88 Å². The molecule has 0 spiro atoms. The Kier molecular flexibility index (Phi) is 4.28. The van der Waals surface area contributed by atoms with Crippen molar-refractivity contribution in [2.75, 3.05) is 0 Å². The second-order valence-electron chi connectivity index (χ2n) is 6.83. The number of nitro groups is 1. The van der Waals surface area contributed by atoms with Crippen LogP contribution in [0.3, 0.4) is 0 Å². The van der Waals surface area contributed by atoms with Gasteiger partial charge < -0.3 is 10.5 Å². The molecule has 1 atom stereocenters. The Morgan fingerprint density at radius 3 is 2.41 bits per heavy atom. The van der Waals surface area contributed by atoms with Crippen LogP contribution in [0.1, 0.15) is 28.3 Å². The molecule has 1 aliphatic heterocycles. The highest BCUT2D eigenvalue weighted by molar-refractivity contribution is 5.57. The summed E-state index contributed by atoms with van der Waals surface area (Å²) >= 11 is 0. The first-order valence-corrected chi connectivity index (χ1v) is 8.89. The first-order valence-electron chi connectivity index (χ1n) is 8.89. The Labute approximate surface area is 166 Å². The second kappa shape index (κ2) is 6.80. The van der Waals surface area contributed by atoms with E-state index in [1.807, 2.05) is 38.1 Å². The quantitative estimate of drug-likeness (QED) is 0.541. The van der Waals surface area contributed by atoms with Crippen molar-refractivity contribution < 1.29 is 9.66 Å². The predicted octanol–water partition coefficient (Wildman–Crippen LogP) is 3.62. The highest BCUT2D eigenvalue weighted by atomic mass is 16.6. The minimum Gasteiger partial charge on any atom is -0.422 e. The maximum atomic E-state index is 10.9. The summed E-state index contributed by atoms with van der Waals surface area (Å²) in [7, 11) is 0. The number of non-ortho nitro benzene ring substituents is 1. The number of ether oxygens (including phenoxy) is 1. The van der Waals surface area contributed by atoms with Gasteiger partial charge in [-0.15, -0.1) is 0 Å². The zero-order valence-corrected chi connectivity index (χ0v) is 15.8. The van der Waals surface area contributed by atoms with Crippen molar-refractivity contribution in [3.8, 4) is 17.6 Å². The number of hydrogen-bond acceptors (Lipinski definition) is 6. The number of aryl methyl sites for hydroxylation is 2. The smallest absolute Gasteiger partial charge is 0.269 e. The second-order valence-corrected chi connectivity index (χ2v) is 6.83. The third kappa shape index (κ3) is 2.99. The molecule has 8 nitrogen and oxygen atoms in total. The van der Waals surface area contributed by atoms with Crippen molar-refractivity contribution in [2.45, 2.75) is 19.8 Å². The number of nitriles is 1. The molecule has 3 aromatic rings. The highest BCUT2D eigenvalue weighted by Crippen LogP contribution is 2.44. The van der Waals surface area contributed by atoms with E-state index in [0.29, 0.717) is 22.8 Å². The van der Waals surface area contributed by atoms with Crippen LogP contribution in [0.4, 0.5) is 5.69 Å². The SMILES string of the molecule is Cc1ccc([C@@H]2C(C#N)=C(N)Oc3c2c(C)nn3-c2ccc([N+](=O)[O-])cc2)cc1. The molecule has 0 saturated carbocycles. The number of fused-ring (bicyclic) bond motifs is 1. The molecule has 29 heavy (non-hydrogen) atoms. The molecule has 0 unspecified atom stereocenters. The van der Waals surface area contributed by atoms with Gasteiger partial charge in [-0.25, -0.2) is 4.68 Å². The summed E-state index contributed by atoms with van der Waals surface area (Å²) in [5, 5.41) is 25.2. The summed E-state index contributed by atoms with van der Waals surface area (Å²) in [6, 6.07) is 16.0. The van der Waals surface area contributed by atoms with E-state index in [9.17, 15) is 15.4 Å². The summed E-state index contributed by atoms with van der Waals surface area (Å²) < 4.78 is 7.35. The van der Waals surface area contributed by atoms with Gasteiger partial charge in [0.25, 0.3) is 5.69 Å². The summed E-state index contributed by atoms with van der Waals surface area (Å²) in [4.78, 5) is 10.5. The lowest BCUT2D eigenvalue weighted by Crippen LogP contribution is -2.22. The van der Waals surface area contributed by atoms with Crippen LogP contribution >= 0.6 is 0 Å². The summed E-state index contributed by atoms with van der Waals surface area (Å²) in [6.07, 6.45) is 0. The van der Waals surface area contributed by atoms with Gasteiger partial charge in [-0.2, -0.15) is 10.4 Å². The van der Waals surface area contributed by atoms with Crippen LogP contribution in [-0.2, 0) is 0 Å². The van der Waals surface area contributed by atoms with E-state index in [1.54, 1.807) is 16.8 Å².